The summed E-state index contributed by atoms with van der Waals surface area (Å²) in [6.07, 6.45) is -10.3. The first-order valence-corrected chi connectivity index (χ1v) is 11.0. The number of carbonyl (C=O) groups is 1. The number of hydrogen-bond donors (Lipinski definition) is 0. The van der Waals surface area contributed by atoms with Crippen LogP contribution in [-0.2, 0) is 12.4 Å². The highest BCUT2D eigenvalue weighted by atomic mass is 32.2. The molecule has 0 aliphatic carbocycles. The van der Waals surface area contributed by atoms with E-state index in [0.717, 1.165) is 28.9 Å². The van der Waals surface area contributed by atoms with Crippen molar-refractivity contribution in [2.24, 2.45) is 5.10 Å². The van der Waals surface area contributed by atoms with Crippen LogP contribution >= 0.6 is 11.8 Å². The number of ether oxygens (including phenoxy) is 1. The molecule has 0 saturated heterocycles. The zero-order chi connectivity index (χ0) is 26.3. The molecule has 3 aromatic rings. The van der Waals surface area contributed by atoms with Crippen molar-refractivity contribution < 1.29 is 40.3 Å². The second-order valence-electron chi connectivity index (χ2n) is 7.53. The maximum Gasteiger partial charge on any atom is 0.417 e. The van der Waals surface area contributed by atoms with E-state index in [0.29, 0.717) is 29.0 Å². The van der Waals surface area contributed by atoms with Crippen LogP contribution in [0.2, 0.25) is 0 Å². The lowest BCUT2D eigenvalue weighted by atomic mass is 10.0. The summed E-state index contributed by atoms with van der Waals surface area (Å²) in [5, 5.41) is 4.13. The Balaban J connectivity index is 1.84. The molecule has 0 spiro atoms. The second kappa shape index (κ2) is 9.49. The van der Waals surface area contributed by atoms with Crippen molar-refractivity contribution in [2.45, 2.75) is 17.7 Å². The van der Waals surface area contributed by atoms with E-state index in [-0.39, 0.29) is 11.1 Å². The standard InChI is InChI=1S/C24H15F7N2O2S/c1-35-19-5-3-2-4-17(19)22-33(32-20(36-22)13-6-9-15(25)10-7-13)21(34)16-11-8-14(23(26,27)28)12-18(16)24(29,30)31/h2-12,22H,1H3. The largest absolute Gasteiger partial charge is 0.496 e. The van der Waals surface area contributed by atoms with Gasteiger partial charge in [-0.05, 0) is 48.5 Å². The fourth-order valence-electron chi connectivity index (χ4n) is 3.53. The van der Waals surface area contributed by atoms with E-state index < -0.39 is 46.1 Å². The highest BCUT2D eigenvalue weighted by molar-refractivity contribution is 8.14. The van der Waals surface area contributed by atoms with E-state index in [1.54, 1.807) is 24.3 Å². The molecule has 4 nitrogen and oxygen atoms in total. The number of para-hydroxylation sites is 1. The first kappa shape index (κ1) is 25.5. The van der Waals surface area contributed by atoms with E-state index in [4.69, 9.17) is 4.74 Å². The van der Waals surface area contributed by atoms with Gasteiger partial charge in [-0.15, -0.1) is 0 Å². The molecule has 12 heteroatoms. The van der Waals surface area contributed by atoms with Crippen molar-refractivity contribution in [1.29, 1.82) is 0 Å². The number of hydrazone groups is 1. The first-order valence-electron chi connectivity index (χ1n) is 10.2. The maximum absolute atomic E-state index is 13.7. The normalized spacial score (nSPS) is 16.2. The number of amides is 1. The molecule has 0 N–H and O–H groups in total. The molecule has 188 valence electrons. The Morgan fingerprint density at radius 1 is 0.944 bits per heavy atom. The van der Waals surface area contributed by atoms with Gasteiger partial charge >= 0.3 is 12.4 Å². The van der Waals surface area contributed by atoms with Crippen molar-refractivity contribution in [3.05, 3.63) is 100 Å². The summed E-state index contributed by atoms with van der Waals surface area (Å²) < 4.78 is 99.2. The lowest BCUT2D eigenvalue weighted by Crippen LogP contribution is -2.29. The fourth-order valence-corrected chi connectivity index (χ4v) is 4.71. The van der Waals surface area contributed by atoms with E-state index in [2.05, 4.69) is 5.10 Å². The SMILES string of the molecule is COc1ccccc1C1SC(c2ccc(F)cc2)=NN1C(=O)c1ccc(C(F)(F)F)cc1C(F)(F)F. The molecule has 1 amide bonds. The van der Waals surface area contributed by atoms with Gasteiger partial charge in [0.2, 0.25) is 0 Å². The summed E-state index contributed by atoms with van der Waals surface area (Å²) in [5.41, 5.74) is -3.50. The van der Waals surface area contributed by atoms with Crippen LogP contribution in [0.15, 0.2) is 71.8 Å². The van der Waals surface area contributed by atoms with Crippen LogP contribution in [0.3, 0.4) is 0 Å². The molecule has 1 heterocycles. The fraction of sp³-hybridized carbons (Fsp3) is 0.167. The number of methoxy groups -OCH3 is 1. The summed E-state index contributed by atoms with van der Waals surface area (Å²) in [5.74, 6) is -1.49. The molecule has 0 fully saturated rings. The number of benzene rings is 3. The molecule has 36 heavy (non-hydrogen) atoms. The number of carbonyl (C=O) groups excluding carboxylic acids is 1. The Labute approximate surface area is 204 Å². The number of thioether (sulfide) groups is 1. The van der Waals surface area contributed by atoms with Crippen LogP contribution in [0.25, 0.3) is 0 Å². The second-order valence-corrected chi connectivity index (χ2v) is 8.60. The van der Waals surface area contributed by atoms with Crippen molar-refractivity contribution in [1.82, 2.24) is 5.01 Å². The number of rotatable bonds is 4. The summed E-state index contributed by atoms with van der Waals surface area (Å²) in [6.45, 7) is 0. The van der Waals surface area contributed by atoms with E-state index in [1.165, 1.54) is 19.2 Å². The Bertz CT molecular complexity index is 1320. The Hall–Kier alpha value is -3.54. The van der Waals surface area contributed by atoms with Crippen LogP contribution in [0.1, 0.15) is 38.0 Å². The number of halogens is 7. The van der Waals surface area contributed by atoms with Crippen LogP contribution in [0, 0.1) is 5.82 Å². The Morgan fingerprint density at radius 3 is 2.22 bits per heavy atom. The predicted octanol–water partition coefficient (Wildman–Crippen LogP) is 7.12. The number of hydrogen-bond acceptors (Lipinski definition) is 4. The minimum Gasteiger partial charge on any atom is -0.496 e. The zero-order valence-corrected chi connectivity index (χ0v) is 19.0. The van der Waals surface area contributed by atoms with E-state index in [9.17, 15) is 35.5 Å². The minimum atomic E-state index is -5.25. The van der Waals surface area contributed by atoms with Crippen molar-refractivity contribution in [2.75, 3.05) is 7.11 Å². The highest BCUT2D eigenvalue weighted by Crippen LogP contribution is 2.46. The molecule has 1 aliphatic heterocycles. The van der Waals surface area contributed by atoms with Crippen LogP contribution in [0.4, 0.5) is 30.7 Å². The lowest BCUT2D eigenvalue weighted by molar-refractivity contribution is -0.143. The number of alkyl halides is 6. The molecule has 1 unspecified atom stereocenters. The molecule has 4 rings (SSSR count). The van der Waals surface area contributed by atoms with Crippen molar-refractivity contribution in [3.63, 3.8) is 0 Å². The van der Waals surface area contributed by atoms with Gasteiger partial charge in [-0.1, -0.05) is 30.0 Å². The van der Waals surface area contributed by atoms with Gasteiger partial charge in [0.05, 0.1) is 23.8 Å². The lowest BCUT2D eigenvalue weighted by Gasteiger charge is -2.24. The van der Waals surface area contributed by atoms with E-state index >= 15 is 0 Å². The van der Waals surface area contributed by atoms with E-state index in [1.807, 2.05) is 0 Å². The topological polar surface area (TPSA) is 41.9 Å². The summed E-state index contributed by atoms with van der Waals surface area (Å²) >= 11 is 0.996. The molecule has 0 bridgehead atoms. The molecule has 1 aliphatic rings. The van der Waals surface area contributed by atoms with Gasteiger partial charge < -0.3 is 4.74 Å². The highest BCUT2D eigenvalue weighted by Gasteiger charge is 2.43. The van der Waals surface area contributed by atoms with Gasteiger partial charge in [-0.25, -0.2) is 9.40 Å². The third-order valence-electron chi connectivity index (χ3n) is 5.23. The molecule has 0 saturated carbocycles. The third kappa shape index (κ3) is 5.03. The van der Waals surface area contributed by atoms with Crippen molar-refractivity contribution in [3.8, 4) is 5.75 Å². The molecule has 0 aromatic heterocycles. The summed E-state index contributed by atoms with van der Waals surface area (Å²) in [6, 6.07) is 12.3. The zero-order valence-electron chi connectivity index (χ0n) is 18.2. The quantitative estimate of drug-likeness (QED) is 0.339. The van der Waals surface area contributed by atoms with Gasteiger partial charge in [0.1, 0.15) is 22.0 Å². The van der Waals surface area contributed by atoms with Gasteiger partial charge in [0.25, 0.3) is 5.91 Å². The maximum atomic E-state index is 13.7. The van der Waals surface area contributed by atoms with Gasteiger partial charge in [-0.2, -0.15) is 31.4 Å². The number of nitrogens with zero attached hydrogens (tertiary/aromatic N) is 2. The Kier molecular flexibility index (Phi) is 6.74. The summed E-state index contributed by atoms with van der Waals surface area (Å²) in [7, 11) is 1.37. The molecule has 3 aromatic carbocycles. The first-order chi connectivity index (χ1) is 16.9. The monoisotopic (exact) mass is 528 g/mol. The van der Waals surface area contributed by atoms with Crippen LogP contribution in [0.5, 0.6) is 5.75 Å². The average Bonchev–Trinajstić information content (AvgIpc) is 3.27. The molecular formula is C24H15F7N2O2S. The molecule has 1 atom stereocenters. The van der Waals surface area contributed by atoms with Crippen LogP contribution < -0.4 is 4.74 Å². The minimum absolute atomic E-state index is 0.0981. The molecular weight excluding hydrogens is 513 g/mol. The average molecular weight is 528 g/mol. The smallest absolute Gasteiger partial charge is 0.417 e. The predicted molar refractivity (Wildman–Crippen MR) is 119 cm³/mol. The van der Waals surface area contributed by atoms with Gasteiger partial charge in [-0.3, -0.25) is 4.79 Å². The van der Waals surface area contributed by atoms with Crippen LogP contribution in [-0.4, -0.2) is 23.1 Å². The molecule has 0 radical (unpaired) electrons. The van der Waals surface area contributed by atoms with Crippen molar-refractivity contribution >= 4 is 22.7 Å². The van der Waals surface area contributed by atoms with Gasteiger partial charge in [0.15, 0.2) is 0 Å². The van der Waals surface area contributed by atoms with Gasteiger partial charge in [0, 0.05) is 11.1 Å². The Morgan fingerprint density at radius 2 is 1.61 bits per heavy atom. The summed E-state index contributed by atoms with van der Waals surface area (Å²) in [4.78, 5) is 13.4. The third-order valence-corrected chi connectivity index (χ3v) is 6.45.